The van der Waals surface area contributed by atoms with Crippen molar-refractivity contribution in [2.75, 3.05) is 49.4 Å². The molecule has 0 amide bonds. The fourth-order valence-corrected chi connectivity index (χ4v) is 4.74. The summed E-state index contributed by atoms with van der Waals surface area (Å²) in [4.78, 5) is 19.5. The summed E-state index contributed by atoms with van der Waals surface area (Å²) in [5.74, 6) is -0.278. The van der Waals surface area contributed by atoms with Gasteiger partial charge in [-0.25, -0.2) is 4.79 Å². The standard InChI is InChI=1S/C26H27N3O2/c1-27(2)20-11-9-19(10-12-20)26(29-16-15-18-7-5-6-8-24(18)29)23-14-13-21(28(3)4)17-22(23)25(30)31-26/h5-14,17H,15-16H2,1-4H3. The molecule has 0 aliphatic carbocycles. The molecule has 0 N–H and O–H groups in total. The van der Waals surface area contributed by atoms with E-state index >= 15 is 0 Å². The largest absolute Gasteiger partial charge is 0.426 e. The fourth-order valence-electron chi connectivity index (χ4n) is 4.74. The van der Waals surface area contributed by atoms with Gasteiger partial charge in [-0.3, -0.25) is 0 Å². The Hall–Kier alpha value is -3.47. The summed E-state index contributed by atoms with van der Waals surface area (Å²) in [6.45, 7) is 0.789. The molecule has 5 nitrogen and oxygen atoms in total. The van der Waals surface area contributed by atoms with E-state index in [1.165, 1.54) is 5.56 Å². The number of esters is 1. The topological polar surface area (TPSA) is 36.0 Å². The van der Waals surface area contributed by atoms with Crippen molar-refractivity contribution in [2.45, 2.75) is 12.1 Å². The molecule has 2 heterocycles. The minimum absolute atomic E-state index is 0.278. The molecule has 0 saturated carbocycles. The van der Waals surface area contributed by atoms with Gasteiger partial charge in [-0.15, -0.1) is 0 Å². The highest BCUT2D eigenvalue weighted by atomic mass is 16.6. The molecule has 0 aromatic heterocycles. The quantitative estimate of drug-likeness (QED) is 0.598. The van der Waals surface area contributed by atoms with E-state index in [0.717, 1.165) is 41.2 Å². The maximum absolute atomic E-state index is 13.2. The summed E-state index contributed by atoms with van der Waals surface area (Å²) in [5.41, 5.74) is 6.00. The van der Waals surface area contributed by atoms with Crippen LogP contribution in [0.25, 0.3) is 0 Å². The fraction of sp³-hybridized carbons (Fsp3) is 0.269. The van der Waals surface area contributed by atoms with E-state index < -0.39 is 5.72 Å². The Kier molecular flexibility index (Phi) is 4.43. The van der Waals surface area contributed by atoms with E-state index in [0.29, 0.717) is 5.56 Å². The molecule has 1 atom stereocenters. The molecule has 5 heteroatoms. The molecule has 2 aliphatic rings. The number of hydrogen-bond donors (Lipinski definition) is 0. The number of hydrogen-bond acceptors (Lipinski definition) is 5. The van der Waals surface area contributed by atoms with Gasteiger partial charge in [-0.1, -0.05) is 30.3 Å². The maximum Gasteiger partial charge on any atom is 0.341 e. The maximum atomic E-state index is 13.2. The lowest BCUT2D eigenvalue weighted by atomic mass is 9.90. The summed E-state index contributed by atoms with van der Waals surface area (Å²) >= 11 is 0. The minimum atomic E-state index is -0.977. The first kappa shape index (κ1) is 19.5. The zero-order valence-electron chi connectivity index (χ0n) is 18.4. The number of benzene rings is 3. The first-order chi connectivity index (χ1) is 14.9. The van der Waals surface area contributed by atoms with Crippen LogP contribution in [0.3, 0.4) is 0 Å². The predicted octanol–water partition coefficient (Wildman–Crippen LogP) is 4.25. The normalized spacial score (nSPS) is 19.1. The second-order valence-corrected chi connectivity index (χ2v) is 8.63. The van der Waals surface area contributed by atoms with E-state index in [-0.39, 0.29) is 5.97 Å². The van der Waals surface area contributed by atoms with Crippen molar-refractivity contribution < 1.29 is 9.53 Å². The summed E-state index contributed by atoms with van der Waals surface area (Å²) in [7, 11) is 8.00. The van der Waals surface area contributed by atoms with E-state index in [2.05, 4.69) is 64.4 Å². The first-order valence-electron chi connectivity index (χ1n) is 10.6. The second kappa shape index (κ2) is 7.05. The van der Waals surface area contributed by atoms with E-state index in [1.54, 1.807) is 0 Å². The number of cyclic esters (lactones) is 1. The Labute approximate surface area is 183 Å². The van der Waals surface area contributed by atoms with Gasteiger partial charge in [-0.2, -0.15) is 0 Å². The van der Waals surface area contributed by atoms with Gasteiger partial charge in [0.15, 0.2) is 0 Å². The van der Waals surface area contributed by atoms with Gasteiger partial charge in [-0.05, 0) is 48.4 Å². The molecule has 0 bridgehead atoms. The lowest BCUT2D eigenvalue weighted by Gasteiger charge is -2.40. The molecule has 0 fully saturated rings. The van der Waals surface area contributed by atoms with Crippen LogP contribution in [0, 0.1) is 0 Å². The number of fused-ring (bicyclic) bond motifs is 2. The van der Waals surface area contributed by atoms with Crippen molar-refractivity contribution >= 4 is 23.0 Å². The van der Waals surface area contributed by atoms with Gasteiger partial charge < -0.3 is 19.4 Å². The lowest BCUT2D eigenvalue weighted by molar-refractivity contribution is 0.00997. The van der Waals surface area contributed by atoms with Crippen molar-refractivity contribution in [2.24, 2.45) is 0 Å². The Morgan fingerprint density at radius 2 is 1.55 bits per heavy atom. The number of carbonyl (C=O) groups excluding carboxylic acids is 1. The highest BCUT2D eigenvalue weighted by Crippen LogP contribution is 2.49. The van der Waals surface area contributed by atoms with Crippen LogP contribution in [0.2, 0.25) is 0 Å². The van der Waals surface area contributed by atoms with Gasteiger partial charge in [0.2, 0.25) is 5.72 Å². The van der Waals surface area contributed by atoms with Gasteiger partial charge in [0.1, 0.15) is 0 Å². The number of carbonyl (C=O) groups is 1. The number of anilines is 3. The van der Waals surface area contributed by atoms with Gasteiger partial charge in [0.05, 0.1) is 5.56 Å². The van der Waals surface area contributed by atoms with Crippen molar-refractivity contribution in [3.63, 3.8) is 0 Å². The van der Waals surface area contributed by atoms with Crippen LogP contribution < -0.4 is 14.7 Å². The second-order valence-electron chi connectivity index (χ2n) is 8.63. The van der Waals surface area contributed by atoms with Gasteiger partial charge in [0.25, 0.3) is 0 Å². The Morgan fingerprint density at radius 1 is 0.871 bits per heavy atom. The average Bonchev–Trinajstić information content (AvgIpc) is 3.33. The Bertz CT molecular complexity index is 1150. The summed E-state index contributed by atoms with van der Waals surface area (Å²) in [5, 5.41) is 0. The van der Waals surface area contributed by atoms with Crippen LogP contribution >= 0.6 is 0 Å². The lowest BCUT2D eigenvalue weighted by Crippen LogP contribution is -2.47. The third kappa shape index (κ3) is 2.87. The van der Waals surface area contributed by atoms with Crippen LogP contribution in [0.5, 0.6) is 0 Å². The predicted molar refractivity (Wildman–Crippen MR) is 125 cm³/mol. The van der Waals surface area contributed by atoms with E-state index in [9.17, 15) is 4.79 Å². The van der Waals surface area contributed by atoms with E-state index in [1.807, 2.05) is 45.2 Å². The molecule has 31 heavy (non-hydrogen) atoms. The molecule has 2 aliphatic heterocycles. The van der Waals surface area contributed by atoms with Crippen LogP contribution in [0.1, 0.15) is 27.0 Å². The molecule has 0 spiro atoms. The van der Waals surface area contributed by atoms with Gasteiger partial charge >= 0.3 is 5.97 Å². The number of rotatable bonds is 4. The molecule has 5 rings (SSSR count). The Balaban J connectivity index is 1.74. The first-order valence-corrected chi connectivity index (χ1v) is 10.6. The molecular formula is C26H27N3O2. The Morgan fingerprint density at radius 3 is 2.26 bits per heavy atom. The number of para-hydroxylation sites is 1. The summed E-state index contributed by atoms with van der Waals surface area (Å²) in [6.07, 6.45) is 0.927. The number of ether oxygens (including phenoxy) is 1. The van der Waals surface area contributed by atoms with E-state index in [4.69, 9.17) is 4.74 Å². The van der Waals surface area contributed by atoms with Crippen molar-refractivity contribution in [1.82, 2.24) is 0 Å². The molecule has 3 aromatic rings. The molecule has 158 valence electrons. The molecule has 0 radical (unpaired) electrons. The zero-order chi connectivity index (χ0) is 21.8. The zero-order valence-corrected chi connectivity index (χ0v) is 18.4. The van der Waals surface area contributed by atoms with Gasteiger partial charge in [0, 0.05) is 62.9 Å². The van der Waals surface area contributed by atoms with Crippen molar-refractivity contribution in [3.05, 3.63) is 89.0 Å². The molecule has 0 saturated heterocycles. The SMILES string of the molecule is CN(C)c1ccc(C2(N3CCc4ccccc43)OC(=O)c3cc(N(C)C)ccc32)cc1. The summed E-state index contributed by atoms with van der Waals surface area (Å²) < 4.78 is 6.34. The van der Waals surface area contributed by atoms with Crippen LogP contribution in [0.15, 0.2) is 66.7 Å². The number of nitrogens with zero attached hydrogens (tertiary/aromatic N) is 3. The summed E-state index contributed by atoms with van der Waals surface area (Å²) in [6, 6.07) is 22.8. The molecular weight excluding hydrogens is 386 g/mol. The third-order valence-electron chi connectivity index (χ3n) is 6.39. The highest BCUT2D eigenvalue weighted by Gasteiger charge is 2.53. The van der Waals surface area contributed by atoms with Crippen molar-refractivity contribution in [3.8, 4) is 0 Å². The minimum Gasteiger partial charge on any atom is -0.426 e. The van der Waals surface area contributed by atoms with Crippen LogP contribution in [0.4, 0.5) is 17.1 Å². The monoisotopic (exact) mass is 413 g/mol. The highest BCUT2D eigenvalue weighted by molar-refractivity contribution is 5.97. The molecule has 1 unspecified atom stereocenters. The van der Waals surface area contributed by atoms with Crippen molar-refractivity contribution in [1.29, 1.82) is 0 Å². The average molecular weight is 414 g/mol. The third-order valence-corrected chi connectivity index (χ3v) is 6.39. The van der Waals surface area contributed by atoms with Crippen LogP contribution in [-0.4, -0.2) is 40.7 Å². The van der Waals surface area contributed by atoms with Crippen LogP contribution in [-0.2, 0) is 16.9 Å². The molecule has 3 aromatic carbocycles. The smallest absolute Gasteiger partial charge is 0.341 e.